The molecule has 0 spiro atoms. The number of nitrogens with zero attached hydrogens (tertiary/aromatic N) is 3. The molecule has 1 N–H and O–H groups in total. The molecule has 0 aliphatic carbocycles. The first-order valence-corrected chi connectivity index (χ1v) is 8.82. The van der Waals surface area contributed by atoms with Crippen molar-refractivity contribution in [3.8, 4) is 0 Å². The third-order valence-corrected chi connectivity index (χ3v) is 5.09. The van der Waals surface area contributed by atoms with Gasteiger partial charge in [0.2, 0.25) is 0 Å². The monoisotopic (exact) mass is 320 g/mol. The smallest absolute Gasteiger partial charge is 0.122 e. The number of aryl methyl sites for hydroxylation is 1. The second-order valence-corrected chi connectivity index (χ2v) is 6.42. The zero-order valence-electron chi connectivity index (χ0n) is 13.1. The molecule has 1 fully saturated rings. The maximum absolute atomic E-state index is 5.49. The molecule has 3 heterocycles. The number of nitrogens with one attached hydrogen (secondary N) is 1. The Labute approximate surface area is 135 Å². The summed E-state index contributed by atoms with van der Waals surface area (Å²) < 4.78 is 7.67. The first-order chi connectivity index (χ1) is 10.9. The molecule has 2 aromatic heterocycles. The minimum atomic E-state index is 0.425. The highest BCUT2D eigenvalue weighted by atomic mass is 32.1. The van der Waals surface area contributed by atoms with Crippen molar-refractivity contribution in [1.82, 2.24) is 19.8 Å². The third-order valence-electron chi connectivity index (χ3n) is 4.12. The lowest BCUT2D eigenvalue weighted by Crippen LogP contribution is -2.42. The van der Waals surface area contributed by atoms with E-state index in [-0.39, 0.29) is 0 Å². The molecule has 1 atom stereocenters. The van der Waals surface area contributed by atoms with Crippen molar-refractivity contribution in [3.63, 3.8) is 0 Å². The fraction of sp³-hybridized carbons (Fsp3) is 0.562. The molecule has 1 unspecified atom stereocenters. The Kier molecular flexibility index (Phi) is 5.61. The molecule has 3 rings (SSSR count). The number of imidazole rings is 1. The minimum absolute atomic E-state index is 0.425. The van der Waals surface area contributed by atoms with Gasteiger partial charge in [-0.3, -0.25) is 4.90 Å². The number of aromatic nitrogens is 2. The van der Waals surface area contributed by atoms with Crippen LogP contribution in [0.4, 0.5) is 0 Å². The zero-order chi connectivity index (χ0) is 15.2. The summed E-state index contributed by atoms with van der Waals surface area (Å²) in [5.74, 6) is 1.11. The van der Waals surface area contributed by atoms with Crippen molar-refractivity contribution in [2.45, 2.75) is 26.1 Å². The summed E-state index contributed by atoms with van der Waals surface area (Å²) in [5.41, 5.74) is 0. The van der Waals surface area contributed by atoms with Crippen LogP contribution >= 0.6 is 11.3 Å². The average Bonchev–Trinajstić information content (AvgIpc) is 3.23. The normalized spacial score (nSPS) is 17.7. The summed E-state index contributed by atoms with van der Waals surface area (Å²) in [7, 11) is 0. The lowest BCUT2D eigenvalue weighted by Gasteiger charge is -2.34. The second kappa shape index (κ2) is 7.87. The van der Waals surface area contributed by atoms with Crippen LogP contribution in [0.15, 0.2) is 29.9 Å². The van der Waals surface area contributed by atoms with Crippen LogP contribution in [0.1, 0.15) is 23.7 Å². The van der Waals surface area contributed by atoms with Crippen molar-refractivity contribution >= 4 is 11.3 Å². The van der Waals surface area contributed by atoms with Crippen LogP contribution in [-0.2, 0) is 17.8 Å². The Balaban J connectivity index is 1.60. The van der Waals surface area contributed by atoms with Gasteiger partial charge >= 0.3 is 0 Å². The Morgan fingerprint density at radius 1 is 1.41 bits per heavy atom. The first kappa shape index (κ1) is 15.7. The first-order valence-electron chi connectivity index (χ1n) is 7.94. The summed E-state index contributed by atoms with van der Waals surface area (Å²) in [5, 5.41) is 5.75. The average molecular weight is 320 g/mol. The van der Waals surface area contributed by atoms with Crippen LogP contribution in [0.25, 0.3) is 0 Å². The Bertz CT molecular complexity index is 548. The van der Waals surface area contributed by atoms with Crippen LogP contribution in [-0.4, -0.2) is 47.3 Å². The summed E-state index contributed by atoms with van der Waals surface area (Å²) in [6.45, 7) is 8.55. The second-order valence-electron chi connectivity index (χ2n) is 5.44. The van der Waals surface area contributed by atoms with Crippen molar-refractivity contribution in [2.75, 3.05) is 32.8 Å². The molecule has 0 radical (unpaired) electrons. The van der Waals surface area contributed by atoms with Gasteiger partial charge in [0, 0.05) is 43.4 Å². The Hall–Kier alpha value is -1.21. The number of hydrogen-bond donors (Lipinski definition) is 1. The molecule has 22 heavy (non-hydrogen) atoms. The van der Waals surface area contributed by atoms with E-state index in [4.69, 9.17) is 4.74 Å². The third kappa shape index (κ3) is 3.76. The van der Waals surface area contributed by atoms with E-state index in [0.717, 1.165) is 51.8 Å². The van der Waals surface area contributed by atoms with Crippen LogP contribution in [0.5, 0.6) is 0 Å². The molecule has 120 valence electrons. The summed E-state index contributed by atoms with van der Waals surface area (Å²) in [6, 6.07) is 4.80. The van der Waals surface area contributed by atoms with Crippen molar-refractivity contribution in [1.29, 1.82) is 0 Å². The summed E-state index contributed by atoms with van der Waals surface area (Å²) in [4.78, 5) is 8.38. The lowest BCUT2D eigenvalue weighted by atomic mass is 10.2. The van der Waals surface area contributed by atoms with Crippen molar-refractivity contribution < 1.29 is 4.74 Å². The van der Waals surface area contributed by atoms with E-state index < -0.39 is 0 Å². The molecule has 1 aliphatic rings. The molecule has 0 amide bonds. The number of rotatable bonds is 7. The molecule has 1 saturated heterocycles. The van der Waals surface area contributed by atoms with Crippen molar-refractivity contribution in [3.05, 3.63) is 40.6 Å². The zero-order valence-corrected chi connectivity index (χ0v) is 13.9. The predicted molar refractivity (Wildman–Crippen MR) is 89.1 cm³/mol. The van der Waals surface area contributed by atoms with Gasteiger partial charge in [0.15, 0.2) is 0 Å². The standard InChI is InChI=1S/C16H24N4OS/c1-2-19-6-5-18-16(19)13-17-12-14(15-4-3-11-22-15)20-7-9-21-10-8-20/h3-6,11,14,17H,2,7-10,12-13H2,1H3. The number of ether oxygens (including phenoxy) is 1. The molecule has 0 bridgehead atoms. The SMILES string of the molecule is CCn1ccnc1CNCC(c1cccs1)N1CCOCC1. The largest absolute Gasteiger partial charge is 0.379 e. The highest BCUT2D eigenvalue weighted by Gasteiger charge is 2.23. The van der Waals surface area contributed by atoms with Gasteiger partial charge in [0.1, 0.15) is 5.82 Å². The van der Waals surface area contributed by atoms with Gasteiger partial charge in [-0.2, -0.15) is 0 Å². The van der Waals surface area contributed by atoms with Gasteiger partial charge in [0.05, 0.1) is 25.8 Å². The number of thiophene rings is 1. The van der Waals surface area contributed by atoms with Gasteiger partial charge in [-0.25, -0.2) is 4.98 Å². The Morgan fingerprint density at radius 2 is 2.27 bits per heavy atom. The highest BCUT2D eigenvalue weighted by molar-refractivity contribution is 7.10. The molecular formula is C16H24N4OS. The fourth-order valence-electron chi connectivity index (χ4n) is 2.90. The lowest BCUT2D eigenvalue weighted by molar-refractivity contribution is 0.0168. The maximum Gasteiger partial charge on any atom is 0.122 e. The number of morpholine rings is 1. The Morgan fingerprint density at radius 3 is 3.00 bits per heavy atom. The van der Waals surface area contributed by atoms with Crippen molar-refractivity contribution in [2.24, 2.45) is 0 Å². The molecule has 0 aromatic carbocycles. The maximum atomic E-state index is 5.49. The molecule has 2 aromatic rings. The van der Waals surface area contributed by atoms with E-state index in [1.807, 2.05) is 23.7 Å². The van der Waals surface area contributed by atoms with E-state index in [9.17, 15) is 0 Å². The predicted octanol–water partition coefficient (Wildman–Crippen LogP) is 2.13. The molecule has 5 nitrogen and oxygen atoms in total. The van der Waals surface area contributed by atoms with Gasteiger partial charge < -0.3 is 14.6 Å². The highest BCUT2D eigenvalue weighted by Crippen LogP contribution is 2.25. The van der Waals surface area contributed by atoms with E-state index >= 15 is 0 Å². The van der Waals surface area contributed by atoms with Gasteiger partial charge in [-0.15, -0.1) is 11.3 Å². The minimum Gasteiger partial charge on any atom is -0.379 e. The molecule has 1 aliphatic heterocycles. The quantitative estimate of drug-likeness (QED) is 0.849. The van der Waals surface area contributed by atoms with Gasteiger partial charge in [-0.05, 0) is 18.4 Å². The van der Waals surface area contributed by atoms with Gasteiger partial charge in [-0.1, -0.05) is 6.07 Å². The molecule has 6 heteroatoms. The van der Waals surface area contributed by atoms with E-state index in [1.54, 1.807) is 0 Å². The number of hydrogen-bond acceptors (Lipinski definition) is 5. The summed E-state index contributed by atoms with van der Waals surface area (Å²) >= 11 is 1.84. The topological polar surface area (TPSA) is 42.3 Å². The van der Waals surface area contributed by atoms with E-state index in [0.29, 0.717) is 6.04 Å². The van der Waals surface area contributed by atoms with E-state index in [1.165, 1.54) is 4.88 Å². The van der Waals surface area contributed by atoms with Crippen LogP contribution < -0.4 is 5.32 Å². The molecular weight excluding hydrogens is 296 g/mol. The molecule has 0 saturated carbocycles. The van der Waals surface area contributed by atoms with Crippen LogP contribution in [0.3, 0.4) is 0 Å². The van der Waals surface area contributed by atoms with Crippen LogP contribution in [0.2, 0.25) is 0 Å². The summed E-state index contributed by atoms with van der Waals surface area (Å²) in [6.07, 6.45) is 3.91. The van der Waals surface area contributed by atoms with Crippen LogP contribution in [0, 0.1) is 0 Å². The van der Waals surface area contributed by atoms with E-state index in [2.05, 4.69) is 44.2 Å². The fourth-order valence-corrected chi connectivity index (χ4v) is 3.76. The van der Waals surface area contributed by atoms with Gasteiger partial charge in [0.25, 0.3) is 0 Å².